The average Bonchev–Trinajstić information content (AvgIpc) is 2.47. The molecular formula is C13H16Br2O4. The molecule has 2 rings (SSSR count). The van der Waals surface area contributed by atoms with Gasteiger partial charge in [0.25, 0.3) is 0 Å². The molecule has 0 amide bonds. The van der Waals surface area contributed by atoms with Gasteiger partial charge in [0.15, 0.2) is 11.5 Å². The van der Waals surface area contributed by atoms with Gasteiger partial charge in [-0.2, -0.15) is 0 Å². The summed E-state index contributed by atoms with van der Waals surface area (Å²) in [5.74, 6) is 1.39. The van der Waals surface area contributed by atoms with Crippen molar-refractivity contribution in [1.29, 1.82) is 0 Å². The van der Waals surface area contributed by atoms with Crippen molar-refractivity contribution in [1.82, 2.24) is 0 Å². The van der Waals surface area contributed by atoms with E-state index in [0.29, 0.717) is 31.3 Å². The van der Waals surface area contributed by atoms with E-state index in [9.17, 15) is 0 Å². The Kier molecular flexibility index (Phi) is 5.50. The molecule has 0 spiro atoms. The number of hydrogen-bond donors (Lipinski definition) is 0. The first-order valence-corrected chi connectivity index (χ1v) is 7.63. The zero-order chi connectivity index (χ0) is 13.8. The van der Waals surface area contributed by atoms with Crippen LogP contribution in [0.25, 0.3) is 0 Å². The van der Waals surface area contributed by atoms with Gasteiger partial charge in [0.1, 0.15) is 0 Å². The third-order valence-electron chi connectivity index (χ3n) is 2.97. The van der Waals surface area contributed by atoms with Crippen LogP contribution < -0.4 is 9.47 Å². The summed E-state index contributed by atoms with van der Waals surface area (Å²) >= 11 is 7.23. The maximum absolute atomic E-state index is 5.71. The normalized spacial score (nSPS) is 20.9. The summed E-state index contributed by atoms with van der Waals surface area (Å²) in [5, 5.41) is 0. The molecule has 1 aliphatic rings. The van der Waals surface area contributed by atoms with Gasteiger partial charge in [0, 0.05) is 4.47 Å². The monoisotopic (exact) mass is 394 g/mol. The van der Waals surface area contributed by atoms with Crippen molar-refractivity contribution >= 4 is 31.9 Å². The molecule has 1 aromatic rings. The van der Waals surface area contributed by atoms with Gasteiger partial charge in [-0.1, -0.05) is 31.9 Å². The molecule has 1 saturated heterocycles. The van der Waals surface area contributed by atoms with Crippen molar-refractivity contribution in [3.8, 4) is 11.5 Å². The number of halogens is 2. The van der Waals surface area contributed by atoms with Gasteiger partial charge < -0.3 is 18.9 Å². The highest BCUT2D eigenvalue weighted by molar-refractivity contribution is 9.11. The van der Waals surface area contributed by atoms with Gasteiger partial charge >= 0.3 is 0 Å². The molecule has 2 atom stereocenters. The van der Waals surface area contributed by atoms with Gasteiger partial charge in [-0.05, 0) is 17.7 Å². The Morgan fingerprint density at radius 1 is 1.21 bits per heavy atom. The van der Waals surface area contributed by atoms with Crippen LogP contribution in [0, 0.1) is 0 Å². The number of ether oxygens (including phenoxy) is 4. The molecule has 4 nitrogen and oxygen atoms in total. The third-order valence-corrected chi connectivity index (χ3v) is 4.74. The Balaban J connectivity index is 2.27. The predicted octanol–water partition coefficient (Wildman–Crippen LogP) is 3.32. The maximum atomic E-state index is 5.71. The second-order valence-electron chi connectivity index (χ2n) is 4.11. The van der Waals surface area contributed by atoms with Gasteiger partial charge in [-0.15, -0.1) is 0 Å². The molecule has 0 N–H and O–H groups in total. The second kappa shape index (κ2) is 6.92. The Labute approximate surface area is 129 Å². The summed E-state index contributed by atoms with van der Waals surface area (Å²) < 4.78 is 22.7. The fourth-order valence-corrected chi connectivity index (χ4v) is 3.52. The van der Waals surface area contributed by atoms with Gasteiger partial charge in [-0.3, -0.25) is 0 Å². The summed E-state index contributed by atoms with van der Waals surface area (Å²) in [5.41, 5.74) is 1.05. The van der Waals surface area contributed by atoms with E-state index in [-0.39, 0.29) is 10.9 Å². The molecule has 0 bridgehead atoms. The van der Waals surface area contributed by atoms with Gasteiger partial charge in [0.05, 0.1) is 45.0 Å². The number of methoxy groups -OCH3 is 2. The lowest BCUT2D eigenvalue weighted by atomic mass is 10.1. The van der Waals surface area contributed by atoms with E-state index in [1.165, 1.54) is 0 Å². The zero-order valence-corrected chi connectivity index (χ0v) is 14.0. The molecule has 1 aromatic carbocycles. The molecule has 1 heterocycles. The number of benzene rings is 1. The van der Waals surface area contributed by atoms with Crippen molar-refractivity contribution in [2.45, 2.75) is 10.9 Å². The maximum Gasteiger partial charge on any atom is 0.161 e. The summed E-state index contributed by atoms with van der Waals surface area (Å²) in [7, 11) is 3.24. The molecule has 0 aliphatic carbocycles. The highest BCUT2D eigenvalue weighted by Gasteiger charge is 2.27. The number of rotatable bonds is 4. The predicted molar refractivity (Wildman–Crippen MR) is 79.5 cm³/mol. The van der Waals surface area contributed by atoms with E-state index in [0.717, 1.165) is 10.0 Å². The number of alkyl halides is 1. The zero-order valence-electron chi connectivity index (χ0n) is 10.8. The van der Waals surface area contributed by atoms with E-state index in [1.54, 1.807) is 14.2 Å². The minimum atomic E-state index is -0.0110. The van der Waals surface area contributed by atoms with E-state index in [4.69, 9.17) is 18.9 Å². The lowest BCUT2D eigenvalue weighted by Gasteiger charge is -2.28. The molecule has 0 aromatic heterocycles. The van der Waals surface area contributed by atoms with Crippen LogP contribution in [-0.2, 0) is 9.47 Å². The largest absolute Gasteiger partial charge is 0.493 e. The third kappa shape index (κ3) is 3.42. The molecule has 19 heavy (non-hydrogen) atoms. The average molecular weight is 396 g/mol. The van der Waals surface area contributed by atoms with Crippen molar-refractivity contribution in [3.63, 3.8) is 0 Å². The van der Waals surface area contributed by atoms with Crippen molar-refractivity contribution < 1.29 is 18.9 Å². The molecule has 2 unspecified atom stereocenters. The van der Waals surface area contributed by atoms with Crippen LogP contribution in [0.5, 0.6) is 11.5 Å². The minimum absolute atomic E-state index is 0.0110. The number of hydrogen-bond acceptors (Lipinski definition) is 4. The lowest BCUT2D eigenvalue weighted by Crippen LogP contribution is -2.31. The van der Waals surface area contributed by atoms with Crippen LogP contribution in [0.15, 0.2) is 16.6 Å². The highest BCUT2D eigenvalue weighted by atomic mass is 79.9. The molecule has 1 aliphatic heterocycles. The fraction of sp³-hybridized carbons (Fsp3) is 0.538. The molecule has 0 radical (unpaired) electrons. The van der Waals surface area contributed by atoms with Gasteiger partial charge in [0.2, 0.25) is 0 Å². The standard InChI is InChI=1S/C13H16Br2O4/c1-16-10-5-8(9(14)6-11(10)17-2)13(15)12-7-18-3-4-19-12/h5-6,12-13H,3-4,7H2,1-2H3. The van der Waals surface area contributed by atoms with E-state index in [1.807, 2.05) is 12.1 Å². The summed E-state index contributed by atoms with van der Waals surface area (Å²) in [4.78, 5) is 0.0296. The molecule has 6 heteroatoms. The first-order chi connectivity index (χ1) is 9.17. The van der Waals surface area contributed by atoms with E-state index < -0.39 is 0 Å². The van der Waals surface area contributed by atoms with Crippen molar-refractivity contribution in [2.75, 3.05) is 34.0 Å². The minimum Gasteiger partial charge on any atom is -0.493 e. The Hall–Kier alpha value is -0.300. The van der Waals surface area contributed by atoms with E-state index in [2.05, 4.69) is 31.9 Å². The van der Waals surface area contributed by atoms with Crippen LogP contribution in [0.3, 0.4) is 0 Å². The van der Waals surface area contributed by atoms with Crippen molar-refractivity contribution in [3.05, 3.63) is 22.2 Å². The van der Waals surface area contributed by atoms with E-state index >= 15 is 0 Å². The van der Waals surface area contributed by atoms with Crippen LogP contribution >= 0.6 is 31.9 Å². The van der Waals surface area contributed by atoms with Crippen LogP contribution in [0.2, 0.25) is 0 Å². The Morgan fingerprint density at radius 2 is 1.89 bits per heavy atom. The fourth-order valence-electron chi connectivity index (χ4n) is 1.96. The highest BCUT2D eigenvalue weighted by Crippen LogP contribution is 2.40. The first-order valence-electron chi connectivity index (χ1n) is 5.92. The summed E-state index contributed by atoms with van der Waals surface area (Å²) in [6.07, 6.45) is -0.0110. The molecule has 106 valence electrons. The van der Waals surface area contributed by atoms with Crippen LogP contribution in [-0.4, -0.2) is 40.1 Å². The lowest BCUT2D eigenvalue weighted by molar-refractivity contribution is -0.0877. The molecular weight excluding hydrogens is 380 g/mol. The second-order valence-corrected chi connectivity index (χ2v) is 5.96. The summed E-state index contributed by atoms with van der Waals surface area (Å²) in [6.45, 7) is 1.86. The Morgan fingerprint density at radius 3 is 2.47 bits per heavy atom. The topological polar surface area (TPSA) is 36.9 Å². The first kappa shape index (κ1) is 15.1. The molecule has 1 fully saturated rings. The quantitative estimate of drug-likeness (QED) is 0.733. The van der Waals surface area contributed by atoms with Crippen LogP contribution in [0.1, 0.15) is 10.4 Å². The van der Waals surface area contributed by atoms with Crippen molar-refractivity contribution in [2.24, 2.45) is 0 Å². The summed E-state index contributed by atoms with van der Waals surface area (Å²) in [6, 6.07) is 3.84. The smallest absolute Gasteiger partial charge is 0.161 e. The SMILES string of the molecule is COc1cc(Br)c(C(Br)C2COCCO2)cc1OC. The molecule has 0 saturated carbocycles. The Bertz CT molecular complexity index is 433. The van der Waals surface area contributed by atoms with Gasteiger partial charge in [-0.25, -0.2) is 0 Å². The van der Waals surface area contributed by atoms with Crippen LogP contribution in [0.4, 0.5) is 0 Å².